The lowest BCUT2D eigenvalue weighted by atomic mass is 9.80. The van der Waals surface area contributed by atoms with Crippen molar-refractivity contribution in [2.75, 3.05) is 14.2 Å². The van der Waals surface area contributed by atoms with E-state index in [9.17, 15) is 19.8 Å². The molecule has 0 amide bonds. The molecular formula is C92H124Br2O6. The van der Waals surface area contributed by atoms with E-state index in [4.69, 9.17) is 9.47 Å². The number of hydrogen-bond acceptors (Lipinski definition) is 6. The number of ether oxygens (including phenoxy) is 2. The van der Waals surface area contributed by atoms with Crippen molar-refractivity contribution in [3.8, 4) is 0 Å². The smallest absolute Gasteiger partial charge is 0.339 e. The Kier molecular flexibility index (Phi) is 31.2. The molecule has 0 saturated carbocycles. The van der Waals surface area contributed by atoms with E-state index in [1.165, 1.54) is 137 Å². The van der Waals surface area contributed by atoms with Gasteiger partial charge in [0.25, 0.3) is 0 Å². The molecule has 9 rings (SSSR count). The molecule has 0 bridgehead atoms. The zero-order valence-electron chi connectivity index (χ0n) is 65.5. The van der Waals surface area contributed by atoms with Gasteiger partial charge in [0, 0.05) is 10.7 Å². The van der Waals surface area contributed by atoms with Crippen molar-refractivity contribution < 1.29 is 29.3 Å². The highest BCUT2D eigenvalue weighted by Crippen LogP contribution is 2.45. The average Bonchev–Trinajstić information content (AvgIpc) is 0.737. The Bertz CT molecular complexity index is 3960. The Hall–Kier alpha value is -5.64. The fourth-order valence-electron chi connectivity index (χ4n) is 18.3. The summed E-state index contributed by atoms with van der Waals surface area (Å²) in [5, 5.41) is 38.6. The zero-order valence-corrected chi connectivity index (χ0v) is 68.7. The maximum Gasteiger partial charge on any atom is 0.339 e. The summed E-state index contributed by atoms with van der Waals surface area (Å²) >= 11 is 7.73. The molecule has 542 valence electrons. The van der Waals surface area contributed by atoms with Crippen LogP contribution >= 0.6 is 31.9 Å². The topological polar surface area (TPSA) is 93.1 Å². The van der Waals surface area contributed by atoms with Gasteiger partial charge >= 0.3 is 11.9 Å². The fourth-order valence-corrected chi connectivity index (χ4v) is 19.7. The monoisotopic (exact) mass is 1480 g/mol. The van der Waals surface area contributed by atoms with E-state index in [-0.39, 0.29) is 13.2 Å². The highest BCUT2D eigenvalue weighted by atomic mass is 79.9. The summed E-state index contributed by atoms with van der Waals surface area (Å²) < 4.78 is 10.5. The van der Waals surface area contributed by atoms with E-state index in [0.29, 0.717) is 24.0 Å². The number of halogens is 2. The molecule has 6 nitrogen and oxygen atoms in total. The quantitative estimate of drug-likeness (QED) is 0.0265. The van der Waals surface area contributed by atoms with Crippen LogP contribution in [0.3, 0.4) is 0 Å². The minimum absolute atomic E-state index is 0.00819. The number of aryl methyl sites for hydroxylation is 12. The van der Waals surface area contributed by atoms with Crippen LogP contribution in [0, 0.1) is 0 Å². The molecule has 9 aromatic carbocycles. The van der Waals surface area contributed by atoms with Gasteiger partial charge in [0.1, 0.15) is 0 Å². The zero-order chi connectivity index (χ0) is 73.4. The third-order valence-corrected chi connectivity index (χ3v) is 23.4. The number of alkyl halides is 2. The number of benzene rings is 9. The van der Waals surface area contributed by atoms with Crippen molar-refractivity contribution in [3.05, 3.63) is 170 Å². The molecule has 100 heavy (non-hydrogen) atoms. The van der Waals surface area contributed by atoms with Gasteiger partial charge in [-0.15, -0.1) is 0 Å². The Balaban J connectivity index is 0.000000211. The van der Waals surface area contributed by atoms with Gasteiger partial charge in [-0.05, 0) is 339 Å². The van der Waals surface area contributed by atoms with Crippen LogP contribution in [0.4, 0.5) is 0 Å². The summed E-state index contributed by atoms with van der Waals surface area (Å²) in [5.74, 6) is -0.947. The van der Waals surface area contributed by atoms with Crippen molar-refractivity contribution in [2.45, 2.75) is 303 Å². The van der Waals surface area contributed by atoms with Crippen molar-refractivity contribution in [2.24, 2.45) is 0 Å². The number of fused-ring (bicyclic) bond motifs is 6. The highest BCUT2D eigenvalue weighted by Gasteiger charge is 2.31. The molecule has 0 aliphatic carbocycles. The van der Waals surface area contributed by atoms with Gasteiger partial charge in [-0.2, -0.15) is 0 Å². The lowest BCUT2D eigenvalue weighted by molar-refractivity contribution is 0.0553. The van der Waals surface area contributed by atoms with Gasteiger partial charge in [-0.25, -0.2) is 9.59 Å². The summed E-state index contributed by atoms with van der Waals surface area (Å²) in [5.41, 5.74) is 31.3. The number of carbonyl (C=O) groups excluding carboxylic acids is 2. The number of aliphatic hydroxyl groups is 2. The molecule has 9 aromatic rings. The van der Waals surface area contributed by atoms with E-state index in [2.05, 4.69) is 193 Å². The van der Waals surface area contributed by atoms with E-state index in [1.807, 2.05) is 0 Å². The number of esters is 2. The number of rotatable bonds is 30. The number of hydrogen-bond donors (Lipinski definition) is 2. The van der Waals surface area contributed by atoms with Crippen molar-refractivity contribution in [1.29, 1.82) is 0 Å². The van der Waals surface area contributed by atoms with Gasteiger partial charge in [0.2, 0.25) is 0 Å². The van der Waals surface area contributed by atoms with Gasteiger partial charge in [-0.1, -0.05) is 195 Å². The molecule has 8 heteroatoms. The van der Waals surface area contributed by atoms with Crippen LogP contribution < -0.4 is 0 Å². The predicted octanol–water partition coefficient (Wildman–Crippen LogP) is 24.8. The second kappa shape index (κ2) is 38.2. The van der Waals surface area contributed by atoms with E-state index >= 15 is 0 Å². The van der Waals surface area contributed by atoms with E-state index < -0.39 is 11.9 Å². The average molecular weight is 1490 g/mol. The minimum Gasteiger partial charge on any atom is -0.465 e. The summed E-state index contributed by atoms with van der Waals surface area (Å²) in [4.78, 5) is 26.4. The molecule has 0 atom stereocenters. The molecule has 0 unspecified atom stereocenters. The molecule has 0 heterocycles. The number of methoxy groups -OCH3 is 2. The largest absolute Gasteiger partial charge is 0.465 e. The van der Waals surface area contributed by atoms with Crippen LogP contribution in [0.2, 0.25) is 0 Å². The third kappa shape index (κ3) is 15.3. The lowest BCUT2D eigenvalue weighted by Crippen LogP contribution is -2.18. The van der Waals surface area contributed by atoms with Crippen LogP contribution in [-0.4, -0.2) is 36.4 Å². The third-order valence-electron chi connectivity index (χ3n) is 22.3. The summed E-state index contributed by atoms with van der Waals surface area (Å²) in [6.45, 7) is 40.7. The first-order valence-electron chi connectivity index (χ1n) is 39.3. The number of carbonyl (C=O) groups is 2. The van der Waals surface area contributed by atoms with Crippen molar-refractivity contribution in [3.63, 3.8) is 0 Å². The molecule has 0 aliphatic rings. The van der Waals surface area contributed by atoms with Crippen LogP contribution in [0.5, 0.6) is 0 Å². The first-order valence-corrected chi connectivity index (χ1v) is 41.5. The van der Waals surface area contributed by atoms with Gasteiger partial charge in [0.15, 0.2) is 0 Å². The van der Waals surface area contributed by atoms with Crippen LogP contribution in [0.25, 0.3) is 64.6 Å². The maximum absolute atomic E-state index is 13.2. The molecule has 0 aliphatic heterocycles. The number of aliphatic hydroxyl groups excluding tert-OH is 2. The highest BCUT2D eigenvalue weighted by molar-refractivity contribution is 9.09. The summed E-state index contributed by atoms with van der Waals surface area (Å²) in [7, 11) is 2.76. The Morgan fingerprint density at radius 3 is 0.560 bits per heavy atom. The van der Waals surface area contributed by atoms with Gasteiger partial charge < -0.3 is 19.7 Å². The molecule has 0 aromatic heterocycles. The first-order chi connectivity index (χ1) is 48.5. The standard InChI is InChI=1S/C32H42O4.C30H40Br2.C30H42O2/c1-9-15-23-27-17-25-21(13-5)19(11-3)20(12-4)22(14-6)26(25)18-28(27)24(16-10-2)30(32(34)36-8)29(23)31(33)35-7;2*1-7-13-23-27-15-25-21(11-5)19(9-3)20(10-4)22(12-6)26(25)16-28(27)24(14-8-2)30(18-32)29(23)17-31/h17-18H,9-16H2,1-8H3;15-16H,7-14,17-18H2,1-6H3;15-16,31-32H,7-14,17-18H2,1-6H3. The predicted molar refractivity (Wildman–Crippen MR) is 441 cm³/mol. The van der Waals surface area contributed by atoms with Gasteiger partial charge in [-0.3, -0.25) is 0 Å². The normalized spacial score (nSPS) is 11.6. The molecule has 0 fully saturated rings. The van der Waals surface area contributed by atoms with E-state index in [0.717, 1.165) is 172 Å². The van der Waals surface area contributed by atoms with Gasteiger partial charge in [0.05, 0.1) is 38.6 Å². The summed E-state index contributed by atoms with van der Waals surface area (Å²) in [6.07, 6.45) is 24.2. The second-order valence-corrected chi connectivity index (χ2v) is 28.5. The van der Waals surface area contributed by atoms with Crippen molar-refractivity contribution in [1.82, 2.24) is 0 Å². The van der Waals surface area contributed by atoms with E-state index in [1.54, 1.807) is 44.5 Å². The second-order valence-electron chi connectivity index (χ2n) is 27.4. The SMILES string of the molecule is CCCc1c(C(=O)OC)c(C(=O)OC)c(CCC)c2cc3c(CC)c(CC)c(CC)c(CC)c3cc12.CCCc1c(CBr)c(CBr)c(CCC)c2cc3c(CC)c(CC)c(CC)c(CC)c3cc12.CCCc1c(CO)c(CO)c(CCC)c2cc3c(CC)c(CC)c(CC)c(CC)c3cc12. The van der Waals surface area contributed by atoms with Crippen LogP contribution in [0.1, 0.15) is 306 Å². The van der Waals surface area contributed by atoms with Crippen LogP contribution in [-0.2, 0) is 149 Å². The Labute approximate surface area is 620 Å². The lowest BCUT2D eigenvalue weighted by Gasteiger charge is -2.25. The molecule has 0 saturated heterocycles. The maximum atomic E-state index is 13.2. The molecular weight excluding hydrogens is 1360 g/mol. The fraction of sp³-hybridized carbons (Fsp3) is 0.522. The van der Waals surface area contributed by atoms with Crippen LogP contribution in [0.15, 0.2) is 36.4 Å². The summed E-state index contributed by atoms with van der Waals surface area (Å²) in [6, 6.07) is 14.7. The minimum atomic E-state index is -0.473. The Morgan fingerprint density at radius 2 is 0.410 bits per heavy atom. The molecule has 0 spiro atoms. The molecule has 2 N–H and O–H groups in total. The van der Waals surface area contributed by atoms with Crippen molar-refractivity contribution >= 4 is 108 Å². The first kappa shape index (κ1) is 81.7. The molecule has 0 radical (unpaired) electrons. The Morgan fingerprint density at radius 1 is 0.250 bits per heavy atom.